The molecule has 0 amide bonds. The highest BCUT2D eigenvalue weighted by Gasteiger charge is 2.40. The van der Waals surface area contributed by atoms with Crippen molar-refractivity contribution in [3.8, 4) is 39.1 Å². The first-order valence-electron chi connectivity index (χ1n) is 19.2. The number of fused-ring (bicyclic) bond motifs is 9. The third kappa shape index (κ3) is 4.53. The maximum absolute atomic E-state index is 2.57. The molecule has 2 atom stereocenters. The van der Waals surface area contributed by atoms with Crippen molar-refractivity contribution in [2.24, 2.45) is 0 Å². The van der Waals surface area contributed by atoms with Crippen LogP contribution in [0.2, 0.25) is 0 Å². The minimum atomic E-state index is -0.0395. The minimum Gasteiger partial charge on any atom is -0.333 e. The fourth-order valence-electron chi connectivity index (χ4n) is 9.69. The number of nitrogens with zero attached hydrogens (tertiary/aromatic N) is 2. The minimum absolute atomic E-state index is 0.0395. The van der Waals surface area contributed by atoms with Gasteiger partial charge in [-0.1, -0.05) is 135 Å². The van der Waals surface area contributed by atoms with Gasteiger partial charge in [0.25, 0.3) is 0 Å². The van der Waals surface area contributed by atoms with Crippen LogP contribution in [0.3, 0.4) is 0 Å². The van der Waals surface area contributed by atoms with Gasteiger partial charge in [0.1, 0.15) is 0 Å². The molecule has 2 unspecified atom stereocenters. The van der Waals surface area contributed by atoms with Crippen molar-refractivity contribution in [2.75, 3.05) is 4.90 Å². The molecule has 2 heteroatoms. The predicted octanol–water partition coefficient (Wildman–Crippen LogP) is 13.5. The van der Waals surface area contributed by atoms with Crippen molar-refractivity contribution in [1.82, 2.24) is 4.57 Å². The standard InChI is InChI=1S/C52H40N2/c1-33-17-25-43-45-31-37(20-27-49(45)53(51(43)29-33)38-22-18-35(19-23-38)34-11-5-4-6-12-34)36-21-28-50-44(30-36)42-14-8-10-16-48(42)54(50)39-24-26-41-40-13-7-9-15-46(40)52(2,3)47(41)32-39/h4-32,42,48H,1-3H3. The normalized spacial score (nSPS) is 17.5. The maximum atomic E-state index is 2.57. The number of anilines is 2. The lowest BCUT2D eigenvalue weighted by Gasteiger charge is -2.30. The number of aromatic nitrogens is 1. The summed E-state index contributed by atoms with van der Waals surface area (Å²) in [4.78, 5) is 2.57. The number of hydrogen-bond donors (Lipinski definition) is 0. The largest absolute Gasteiger partial charge is 0.333 e. The highest BCUT2D eigenvalue weighted by atomic mass is 15.2. The summed E-state index contributed by atoms with van der Waals surface area (Å²) in [6, 6.07) is 57.0. The Morgan fingerprint density at radius 1 is 0.500 bits per heavy atom. The summed E-state index contributed by atoms with van der Waals surface area (Å²) in [5, 5.41) is 2.55. The Morgan fingerprint density at radius 2 is 1.20 bits per heavy atom. The lowest BCUT2D eigenvalue weighted by Crippen LogP contribution is -2.28. The van der Waals surface area contributed by atoms with Crippen LogP contribution in [0.15, 0.2) is 176 Å². The van der Waals surface area contributed by atoms with Crippen LogP contribution in [0.1, 0.15) is 42.0 Å². The van der Waals surface area contributed by atoms with Crippen molar-refractivity contribution in [3.63, 3.8) is 0 Å². The molecule has 1 aromatic heterocycles. The Hall–Kier alpha value is -6.38. The second kappa shape index (κ2) is 11.6. The zero-order valence-electron chi connectivity index (χ0n) is 30.8. The van der Waals surface area contributed by atoms with Gasteiger partial charge >= 0.3 is 0 Å². The molecule has 0 saturated carbocycles. The molecule has 8 aromatic rings. The van der Waals surface area contributed by atoms with E-state index in [0.29, 0.717) is 0 Å². The van der Waals surface area contributed by atoms with E-state index in [1.807, 2.05) is 0 Å². The van der Waals surface area contributed by atoms with E-state index in [2.05, 4.69) is 206 Å². The summed E-state index contributed by atoms with van der Waals surface area (Å²) in [6.45, 7) is 6.92. The Balaban J connectivity index is 1.00. The van der Waals surface area contributed by atoms with Crippen molar-refractivity contribution < 1.29 is 0 Å². The topological polar surface area (TPSA) is 8.17 Å². The summed E-state index contributed by atoms with van der Waals surface area (Å²) < 4.78 is 2.43. The van der Waals surface area contributed by atoms with Crippen LogP contribution in [0.4, 0.5) is 11.4 Å². The lowest BCUT2D eigenvalue weighted by atomic mass is 9.82. The van der Waals surface area contributed by atoms with Crippen LogP contribution >= 0.6 is 0 Å². The molecule has 258 valence electrons. The van der Waals surface area contributed by atoms with Crippen LogP contribution < -0.4 is 4.90 Å². The molecule has 1 aliphatic heterocycles. The summed E-state index contributed by atoms with van der Waals surface area (Å²) in [5.41, 5.74) is 19.3. The summed E-state index contributed by atoms with van der Waals surface area (Å²) in [5.74, 6) is 0.288. The first-order valence-corrected chi connectivity index (χ1v) is 19.2. The molecular formula is C52H40N2. The second-order valence-electron chi connectivity index (χ2n) is 15.8. The zero-order chi connectivity index (χ0) is 36.1. The van der Waals surface area contributed by atoms with Gasteiger partial charge in [-0.05, 0) is 117 Å². The van der Waals surface area contributed by atoms with E-state index in [-0.39, 0.29) is 17.4 Å². The maximum Gasteiger partial charge on any atom is 0.0629 e. The van der Waals surface area contributed by atoms with E-state index in [4.69, 9.17) is 0 Å². The number of rotatable bonds is 4. The van der Waals surface area contributed by atoms with E-state index in [1.54, 1.807) is 0 Å². The molecule has 11 rings (SSSR count). The number of aryl methyl sites for hydroxylation is 1. The summed E-state index contributed by atoms with van der Waals surface area (Å²) >= 11 is 0. The monoisotopic (exact) mass is 692 g/mol. The van der Waals surface area contributed by atoms with Gasteiger partial charge in [0, 0.05) is 39.2 Å². The van der Waals surface area contributed by atoms with E-state index in [1.165, 1.54) is 94.5 Å². The van der Waals surface area contributed by atoms with Crippen molar-refractivity contribution in [3.05, 3.63) is 198 Å². The Morgan fingerprint density at radius 3 is 2.07 bits per heavy atom. The van der Waals surface area contributed by atoms with Gasteiger partial charge in [0.2, 0.25) is 0 Å². The number of benzene rings is 7. The molecular weight excluding hydrogens is 653 g/mol. The van der Waals surface area contributed by atoms with Crippen LogP contribution in [0, 0.1) is 6.92 Å². The molecule has 0 saturated heterocycles. The number of hydrogen-bond acceptors (Lipinski definition) is 1. The molecule has 2 heterocycles. The van der Waals surface area contributed by atoms with E-state index in [0.717, 1.165) is 0 Å². The average Bonchev–Trinajstić information content (AvgIpc) is 3.80. The Labute approximate surface area is 317 Å². The zero-order valence-corrected chi connectivity index (χ0v) is 30.8. The Bertz CT molecular complexity index is 2870. The summed E-state index contributed by atoms with van der Waals surface area (Å²) in [7, 11) is 0. The molecule has 0 spiro atoms. The van der Waals surface area contributed by atoms with E-state index in [9.17, 15) is 0 Å². The number of allylic oxidation sites excluding steroid dienone is 2. The Kier molecular flexibility index (Phi) is 6.67. The van der Waals surface area contributed by atoms with Gasteiger partial charge < -0.3 is 9.47 Å². The smallest absolute Gasteiger partial charge is 0.0629 e. The second-order valence-corrected chi connectivity index (χ2v) is 15.8. The average molecular weight is 693 g/mol. The van der Waals surface area contributed by atoms with Crippen LogP contribution in [-0.2, 0) is 5.41 Å². The van der Waals surface area contributed by atoms with Gasteiger partial charge in [-0.2, -0.15) is 0 Å². The van der Waals surface area contributed by atoms with Crippen LogP contribution in [0.5, 0.6) is 0 Å². The molecule has 2 nitrogen and oxygen atoms in total. The van der Waals surface area contributed by atoms with Crippen LogP contribution in [0.25, 0.3) is 60.9 Å². The highest BCUT2D eigenvalue weighted by molar-refractivity contribution is 6.10. The van der Waals surface area contributed by atoms with Gasteiger partial charge in [-0.15, -0.1) is 0 Å². The quantitative estimate of drug-likeness (QED) is 0.178. The molecule has 2 aliphatic carbocycles. The highest BCUT2D eigenvalue weighted by Crippen LogP contribution is 2.53. The molecule has 0 fully saturated rings. The predicted molar refractivity (Wildman–Crippen MR) is 227 cm³/mol. The first-order chi connectivity index (χ1) is 26.4. The van der Waals surface area contributed by atoms with Crippen molar-refractivity contribution in [2.45, 2.75) is 38.1 Å². The fourth-order valence-corrected chi connectivity index (χ4v) is 9.69. The van der Waals surface area contributed by atoms with Crippen LogP contribution in [-0.4, -0.2) is 10.6 Å². The molecule has 54 heavy (non-hydrogen) atoms. The van der Waals surface area contributed by atoms with E-state index >= 15 is 0 Å². The summed E-state index contributed by atoms with van der Waals surface area (Å²) in [6.07, 6.45) is 9.21. The first kappa shape index (κ1) is 31.2. The van der Waals surface area contributed by atoms with Gasteiger partial charge in [0.05, 0.1) is 17.1 Å². The van der Waals surface area contributed by atoms with Gasteiger partial charge in [0.15, 0.2) is 0 Å². The van der Waals surface area contributed by atoms with Crippen molar-refractivity contribution in [1.29, 1.82) is 0 Å². The third-order valence-corrected chi connectivity index (χ3v) is 12.4. The lowest BCUT2D eigenvalue weighted by molar-refractivity contribution is 0.659. The SMILES string of the molecule is Cc1ccc2c3cc(-c4ccc5c(c4)C4C=CC=CC4N5c4ccc5c(c4)C(C)(C)c4ccccc4-5)ccc3n(-c3ccc(-c4ccccc4)cc3)c2c1. The van der Waals surface area contributed by atoms with E-state index < -0.39 is 0 Å². The fraction of sp³-hybridized carbons (Fsp3) is 0.115. The molecule has 0 bridgehead atoms. The van der Waals surface area contributed by atoms with Crippen molar-refractivity contribution >= 4 is 33.2 Å². The molecule has 0 N–H and O–H groups in total. The molecule has 7 aromatic carbocycles. The molecule has 3 aliphatic rings. The molecule has 0 radical (unpaired) electrons. The van der Waals surface area contributed by atoms with Gasteiger partial charge in [-0.25, -0.2) is 0 Å². The third-order valence-electron chi connectivity index (χ3n) is 12.4. The van der Waals surface area contributed by atoms with Gasteiger partial charge in [-0.3, -0.25) is 0 Å².